The van der Waals surface area contributed by atoms with E-state index in [-0.39, 0.29) is 0 Å². The van der Waals surface area contributed by atoms with E-state index in [9.17, 15) is 4.79 Å². The van der Waals surface area contributed by atoms with Crippen LogP contribution in [0.2, 0.25) is 0 Å². The summed E-state index contributed by atoms with van der Waals surface area (Å²) in [5, 5.41) is 0. The lowest BCUT2D eigenvalue weighted by molar-refractivity contribution is -0.133. The Balaban J connectivity index is 1.58. The molecule has 0 spiro atoms. The molecular weight excluding hydrogens is 286 g/mol. The maximum Gasteiger partial charge on any atom is 0.236 e. The topological polar surface area (TPSA) is 49.6 Å². The van der Waals surface area contributed by atoms with Gasteiger partial charge in [-0.05, 0) is 36.8 Å². The lowest BCUT2D eigenvalue weighted by atomic mass is 9.89. The number of carbonyl (C=O) groups excluding carboxylic acids is 1. The van der Waals surface area contributed by atoms with Crippen molar-refractivity contribution >= 4 is 5.91 Å². The standard InChI is InChI=1S/C19H29N3O/c1-15-7-9-22(10-8-15)19(23)14-21-12-17(11-20)18(13-21)16-5-3-2-4-6-16/h2-6,15,17-18H,7-14,20H2,1H3/t17-,18+/m1/s1. The van der Waals surface area contributed by atoms with Crippen LogP contribution in [0.5, 0.6) is 0 Å². The van der Waals surface area contributed by atoms with Gasteiger partial charge in [0.05, 0.1) is 6.54 Å². The number of amides is 1. The van der Waals surface area contributed by atoms with Crippen LogP contribution in [-0.4, -0.2) is 55.0 Å². The van der Waals surface area contributed by atoms with Gasteiger partial charge in [-0.1, -0.05) is 37.3 Å². The summed E-state index contributed by atoms with van der Waals surface area (Å²) in [5.41, 5.74) is 7.34. The van der Waals surface area contributed by atoms with Gasteiger partial charge in [0.15, 0.2) is 0 Å². The van der Waals surface area contributed by atoms with Crippen molar-refractivity contribution in [3.8, 4) is 0 Å². The zero-order valence-electron chi connectivity index (χ0n) is 14.2. The summed E-state index contributed by atoms with van der Waals surface area (Å²) >= 11 is 0. The molecule has 1 aromatic rings. The van der Waals surface area contributed by atoms with Gasteiger partial charge >= 0.3 is 0 Å². The molecule has 2 heterocycles. The van der Waals surface area contributed by atoms with Crippen molar-refractivity contribution in [1.82, 2.24) is 9.80 Å². The highest BCUT2D eigenvalue weighted by atomic mass is 16.2. The van der Waals surface area contributed by atoms with E-state index in [1.54, 1.807) is 0 Å². The summed E-state index contributed by atoms with van der Waals surface area (Å²) < 4.78 is 0. The number of carbonyl (C=O) groups is 1. The number of piperidine rings is 1. The molecule has 0 radical (unpaired) electrons. The van der Waals surface area contributed by atoms with Crippen LogP contribution in [-0.2, 0) is 4.79 Å². The molecule has 0 saturated carbocycles. The van der Waals surface area contributed by atoms with E-state index in [1.165, 1.54) is 5.56 Å². The van der Waals surface area contributed by atoms with E-state index in [1.807, 2.05) is 4.90 Å². The molecule has 0 aromatic heterocycles. The van der Waals surface area contributed by atoms with Crippen molar-refractivity contribution in [1.29, 1.82) is 0 Å². The van der Waals surface area contributed by atoms with Gasteiger partial charge in [0.1, 0.15) is 0 Å². The number of rotatable bonds is 4. The van der Waals surface area contributed by atoms with Gasteiger partial charge in [-0.3, -0.25) is 9.69 Å². The molecule has 23 heavy (non-hydrogen) atoms. The van der Waals surface area contributed by atoms with Crippen LogP contribution < -0.4 is 5.73 Å². The van der Waals surface area contributed by atoms with Crippen LogP contribution in [0.4, 0.5) is 0 Å². The van der Waals surface area contributed by atoms with E-state index < -0.39 is 0 Å². The highest BCUT2D eigenvalue weighted by Crippen LogP contribution is 2.32. The second kappa shape index (κ2) is 7.45. The molecule has 2 aliphatic rings. The molecular formula is C19H29N3O. The summed E-state index contributed by atoms with van der Waals surface area (Å²) in [5.74, 6) is 1.96. The predicted octanol–water partition coefficient (Wildman–Crippen LogP) is 1.92. The third-order valence-electron chi connectivity index (χ3n) is 5.54. The third kappa shape index (κ3) is 3.93. The minimum atomic E-state index is 0.293. The first-order valence-electron chi connectivity index (χ1n) is 8.92. The Morgan fingerprint density at radius 2 is 1.87 bits per heavy atom. The number of hydrogen-bond donors (Lipinski definition) is 1. The highest BCUT2D eigenvalue weighted by Gasteiger charge is 2.34. The molecule has 2 atom stereocenters. The van der Waals surface area contributed by atoms with Crippen LogP contribution in [0.1, 0.15) is 31.2 Å². The first-order valence-corrected chi connectivity index (χ1v) is 8.92. The van der Waals surface area contributed by atoms with Crippen molar-refractivity contribution in [2.24, 2.45) is 17.6 Å². The molecule has 0 aliphatic carbocycles. The molecule has 3 rings (SSSR count). The normalized spacial score (nSPS) is 26.6. The van der Waals surface area contributed by atoms with Gasteiger partial charge in [-0.15, -0.1) is 0 Å². The van der Waals surface area contributed by atoms with Crippen molar-refractivity contribution in [3.63, 3.8) is 0 Å². The van der Waals surface area contributed by atoms with Gasteiger partial charge in [0.25, 0.3) is 0 Å². The summed E-state index contributed by atoms with van der Waals surface area (Å²) in [6, 6.07) is 10.6. The molecule has 0 unspecified atom stereocenters. The molecule has 4 heteroatoms. The maximum absolute atomic E-state index is 12.6. The Hall–Kier alpha value is -1.39. The van der Waals surface area contributed by atoms with E-state index in [2.05, 4.69) is 42.2 Å². The van der Waals surface area contributed by atoms with Crippen molar-refractivity contribution in [3.05, 3.63) is 35.9 Å². The van der Waals surface area contributed by atoms with Crippen molar-refractivity contribution in [2.45, 2.75) is 25.7 Å². The van der Waals surface area contributed by atoms with E-state index in [0.29, 0.717) is 30.8 Å². The summed E-state index contributed by atoms with van der Waals surface area (Å²) in [4.78, 5) is 16.9. The van der Waals surface area contributed by atoms with Crippen LogP contribution in [0.3, 0.4) is 0 Å². The van der Waals surface area contributed by atoms with Crippen LogP contribution in [0.25, 0.3) is 0 Å². The molecule has 0 bridgehead atoms. The summed E-state index contributed by atoms with van der Waals surface area (Å²) in [6.45, 7) is 7.25. The van der Waals surface area contributed by atoms with Gasteiger partial charge in [0.2, 0.25) is 5.91 Å². The lowest BCUT2D eigenvalue weighted by Gasteiger charge is -2.31. The molecule has 2 aliphatic heterocycles. The first kappa shape index (κ1) is 16.5. The number of hydrogen-bond acceptors (Lipinski definition) is 3. The zero-order valence-corrected chi connectivity index (χ0v) is 14.2. The minimum Gasteiger partial charge on any atom is -0.342 e. The fourth-order valence-electron chi connectivity index (χ4n) is 3.96. The molecule has 2 fully saturated rings. The minimum absolute atomic E-state index is 0.293. The number of likely N-dealkylation sites (tertiary alicyclic amines) is 2. The fourth-order valence-corrected chi connectivity index (χ4v) is 3.96. The van der Waals surface area contributed by atoms with Crippen molar-refractivity contribution < 1.29 is 4.79 Å². The maximum atomic E-state index is 12.6. The molecule has 4 nitrogen and oxygen atoms in total. The second-order valence-corrected chi connectivity index (χ2v) is 7.27. The van der Waals surface area contributed by atoms with E-state index in [0.717, 1.165) is 44.9 Å². The zero-order chi connectivity index (χ0) is 16.2. The van der Waals surface area contributed by atoms with Crippen molar-refractivity contribution in [2.75, 3.05) is 39.3 Å². The average molecular weight is 315 g/mol. The summed E-state index contributed by atoms with van der Waals surface area (Å²) in [6.07, 6.45) is 2.29. The number of nitrogens with two attached hydrogens (primary N) is 1. The lowest BCUT2D eigenvalue weighted by Crippen LogP contribution is -2.43. The Morgan fingerprint density at radius 1 is 1.17 bits per heavy atom. The fraction of sp³-hybridized carbons (Fsp3) is 0.632. The molecule has 126 valence electrons. The largest absolute Gasteiger partial charge is 0.342 e. The quantitative estimate of drug-likeness (QED) is 0.923. The van der Waals surface area contributed by atoms with Gasteiger partial charge in [0, 0.05) is 32.1 Å². The Bertz CT molecular complexity index is 511. The van der Waals surface area contributed by atoms with Crippen LogP contribution in [0, 0.1) is 11.8 Å². The average Bonchev–Trinajstić information content (AvgIpc) is 2.99. The Kier molecular flexibility index (Phi) is 5.34. The third-order valence-corrected chi connectivity index (χ3v) is 5.54. The number of benzene rings is 1. The summed E-state index contributed by atoms with van der Waals surface area (Å²) in [7, 11) is 0. The highest BCUT2D eigenvalue weighted by molar-refractivity contribution is 5.78. The van der Waals surface area contributed by atoms with E-state index >= 15 is 0 Å². The molecule has 1 aromatic carbocycles. The Morgan fingerprint density at radius 3 is 2.52 bits per heavy atom. The number of nitrogens with zero attached hydrogens (tertiary/aromatic N) is 2. The SMILES string of the molecule is CC1CCN(C(=O)CN2C[C@@H](CN)[C@H](c3ccccc3)C2)CC1. The second-order valence-electron chi connectivity index (χ2n) is 7.27. The predicted molar refractivity (Wildman–Crippen MR) is 93.1 cm³/mol. The van der Waals surface area contributed by atoms with Gasteiger partial charge in [-0.2, -0.15) is 0 Å². The monoisotopic (exact) mass is 315 g/mol. The molecule has 1 amide bonds. The Labute approximate surface area is 139 Å². The molecule has 2 N–H and O–H groups in total. The first-order chi connectivity index (χ1) is 11.2. The van der Waals surface area contributed by atoms with Crippen LogP contribution >= 0.6 is 0 Å². The van der Waals surface area contributed by atoms with Gasteiger partial charge in [-0.25, -0.2) is 0 Å². The molecule has 2 saturated heterocycles. The smallest absolute Gasteiger partial charge is 0.236 e. The van der Waals surface area contributed by atoms with Gasteiger partial charge < -0.3 is 10.6 Å². The van der Waals surface area contributed by atoms with E-state index in [4.69, 9.17) is 5.73 Å². The van der Waals surface area contributed by atoms with Crippen LogP contribution in [0.15, 0.2) is 30.3 Å².